The van der Waals surface area contributed by atoms with Crippen molar-refractivity contribution in [2.24, 2.45) is 11.7 Å². The number of aromatic amines is 1. The van der Waals surface area contributed by atoms with E-state index in [2.05, 4.69) is 20.9 Å². The van der Waals surface area contributed by atoms with Crippen LogP contribution in [0.1, 0.15) is 26.3 Å². The molecule has 0 fully saturated rings. The van der Waals surface area contributed by atoms with Gasteiger partial charge in [-0.2, -0.15) is 0 Å². The van der Waals surface area contributed by atoms with E-state index in [4.69, 9.17) is 5.73 Å². The van der Waals surface area contributed by atoms with Crippen LogP contribution in [0.2, 0.25) is 0 Å². The maximum absolute atomic E-state index is 13.0. The average molecular weight is 492 g/mol. The molecular weight excluding hydrogens is 458 g/mol. The smallest absolute Gasteiger partial charge is 0.328 e. The first-order chi connectivity index (χ1) is 16.5. The van der Waals surface area contributed by atoms with Crippen LogP contribution in [0.4, 0.5) is 0 Å². The zero-order chi connectivity index (χ0) is 26.3. The van der Waals surface area contributed by atoms with E-state index in [0.717, 1.165) is 10.9 Å². The summed E-state index contributed by atoms with van der Waals surface area (Å²) in [5, 5.41) is 36.5. The van der Waals surface area contributed by atoms with E-state index < -0.39 is 60.6 Å². The Morgan fingerprint density at radius 1 is 0.971 bits per heavy atom. The van der Waals surface area contributed by atoms with Crippen molar-refractivity contribution < 1.29 is 34.5 Å². The number of benzene rings is 1. The van der Waals surface area contributed by atoms with E-state index in [9.17, 15) is 34.5 Å². The molecule has 5 unspecified atom stereocenters. The number of nitrogens with two attached hydrogens (primary N) is 1. The molecule has 1 heterocycles. The first kappa shape index (κ1) is 27.8. The van der Waals surface area contributed by atoms with E-state index in [1.54, 1.807) is 26.1 Å². The van der Waals surface area contributed by atoms with E-state index in [0.29, 0.717) is 5.56 Å². The van der Waals surface area contributed by atoms with Gasteiger partial charge in [-0.15, -0.1) is 0 Å². The molecule has 0 radical (unpaired) electrons. The number of rotatable bonds is 12. The summed E-state index contributed by atoms with van der Waals surface area (Å²) in [7, 11) is 0. The van der Waals surface area contributed by atoms with Gasteiger partial charge in [-0.3, -0.25) is 14.4 Å². The molecule has 9 N–H and O–H groups in total. The van der Waals surface area contributed by atoms with Gasteiger partial charge in [0.05, 0.1) is 18.8 Å². The molecule has 0 aliphatic carbocycles. The minimum absolute atomic E-state index is 0.0364. The SMILES string of the molecule is CC(C)C(N)C(=O)NC(C(=O)NC(Cc1c[nH]c2ccccc12)C(=O)NC(CO)C(=O)O)C(C)O. The Morgan fingerprint density at radius 3 is 2.17 bits per heavy atom. The monoisotopic (exact) mass is 491 g/mol. The fourth-order valence-electron chi connectivity index (χ4n) is 3.41. The fourth-order valence-corrected chi connectivity index (χ4v) is 3.41. The third-order valence-electron chi connectivity index (χ3n) is 5.61. The van der Waals surface area contributed by atoms with Crippen molar-refractivity contribution in [3.05, 3.63) is 36.0 Å². The number of para-hydroxylation sites is 1. The molecule has 0 spiro atoms. The Hall–Kier alpha value is -3.48. The first-order valence-electron chi connectivity index (χ1n) is 11.2. The lowest BCUT2D eigenvalue weighted by Crippen LogP contribution is -2.60. The normalized spacial score (nSPS) is 15.6. The number of nitrogens with one attached hydrogen (secondary N) is 4. The number of carboxylic acids is 1. The quantitative estimate of drug-likeness (QED) is 0.177. The summed E-state index contributed by atoms with van der Waals surface area (Å²) in [6.07, 6.45) is 0.304. The van der Waals surface area contributed by atoms with Gasteiger partial charge in [0.25, 0.3) is 0 Å². The number of carbonyl (C=O) groups is 4. The van der Waals surface area contributed by atoms with Crippen molar-refractivity contribution in [1.82, 2.24) is 20.9 Å². The molecule has 0 saturated carbocycles. The van der Waals surface area contributed by atoms with Gasteiger partial charge in [-0.1, -0.05) is 32.0 Å². The molecule has 5 atom stereocenters. The van der Waals surface area contributed by atoms with Crippen LogP contribution in [0, 0.1) is 5.92 Å². The molecule has 12 heteroatoms. The molecular formula is C23H33N5O7. The molecule has 0 bridgehead atoms. The van der Waals surface area contributed by atoms with E-state index in [1.807, 2.05) is 18.2 Å². The second kappa shape index (κ2) is 12.3. The molecule has 2 rings (SSSR count). The Labute approximate surface area is 202 Å². The molecule has 192 valence electrons. The van der Waals surface area contributed by atoms with Crippen LogP contribution in [0.25, 0.3) is 10.9 Å². The standard InChI is InChI=1S/C23H33N5O7/c1-11(2)18(24)21(32)28-19(12(3)30)22(33)26-16(20(31)27-17(10-29)23(34)35)8-13-9-25-15-7-5-4-6-14(13)15/h4-7,9,11-12,16-19,25,29-30H,8,10,24H2,1-3H3,(H,26,33)(H,27,31)(H,28,32)(H,34,35). The van der Waals surface area contributed by atoms with Gasteiger partial charge in [-0.25, -0.2) is 4.79 Å². The predicted octanol–water partition coefficient (Wildman–Crippen LogP) is -1.39. The van der Waals surface area contributed by atoms with Crippen LogP contribution in [0.5, 0.6) is 0 Å². The molecule has 3 amide bonds. The summed E-state index contributed by atoms with van der Waals surface area (Å²) < 4.78 is 0. The number of aliphatic hydroxyl groups is 2. The molecule has 1 aromatic heterocycles. The molecule has 1 aromatic carbocycles. The third kappa shape index (κ3) is 7.25. The fraction of sp³-hybridized carbons (Fsp3) is 0.478. The highest BCUT2D eigenvalue weighted by atomic mass is 16.4. The van der Waals surface area contributed by atoms with Crippen LogP contribution in [-0.4, -0.2) is 80.9 Å². The van der Waals surface area contributed by atoms with Crippen molar-refractivity contribution >= 4 is 34.6 Å². The van der Waals surface area contributed by atoms with Gasteiger partial charge in [0.2, 0.25) is 17.7 Å². The van der Waals surface area contributed by atoms with Crippen molar-refractivity contribution in [1.29, 1.82) is 0 Å². The Morgan fingerprint density at radius 2 is 1.60 bits per heavy atom. The Balaban J connectivity index is 2.30. The summed E-state index contributed by atoms with van der Waals surface area (Å²) in [6.45, 7) is 3.90. The molecule has 2 aromatic rings. The number of hydrogen-bond donors (Lipinski definition) is 8. The number of hydrogen-bond acceptors (Lipinski definition) is 7. The van der Waals surface area contributed by atoms with Crippen LogP contribution in [0.15, 0.2) is 30.5 Å². The average Bonchev–Trinajstić information content (AvgIpc) is 3.21. The lowest BCUT2D eigenvalue weighted by atomic mass is 10.0. The second-order valence-electron chi connectivity index (χ2n) is 8.70. The van der Waals surface area contributed by atoms with Gasteiger partial charge in [0.15, 0.2) is 0 Å². The van der Waals surface area contributed by atoms with Crippen molar-refractivity contribution in [3.63, 3.8) is 0 Å². The Bertz CT molecular complexity index is 1050. The number of aliphatic carboxylic acids is 1. The summed E-state index contributed by atoms with van der Waals surface area (Å²) in [5.41, 5.74) is 7.29. The van der Waals surface area contributed by atoms with Gasteiger partial charge < -0.3 is 42.0 Å². The zero-order valence-corrected chi connectivity index (χ0v) is 19.8. The number of H-pyrrole nitrogens is 1. The molecule has 0 saturated heterocycles. The summed E-state index contributed by atoms with van der Waals surface area (Å²) in [6, 6.07) is 2.07. The number of carboxylic acid groups (broad SMARTS) is 1. The second-order valence-corrected chi connectivity index (χ2v) is 8.70. The van der Waals surface area contributed by atoms with Gasteiger partial charge >= 0.3 is 5.97 Å². The number of aliphatic hydroxyl groups excluding tert-OH is 2. The number of fused-ring (bicyclic) bond motifs is 1. The first-order valence-corrected chi connectivity index (χ1v) is 11.2. The molecule has 35 heavy (non-hydrogen) atoms. The van der Waals surface area contributed by atoms with Crippen LogP contribution in [0.3, 0.4) is 0 Å². The highest BCUT2D eigenvalue weighted by Crippen LogP contribution is 2.19. The summed E-state index contributed by atoms with van der Waals surface area (Å²) >= 11 is 0. The minimum atomic E-state index is -1.58. The van der Waals surface area contributed by atoms with Gasteiger partial charge in [0, 0.05) is 23.5 Å². The predicted molar refractivity (Wildman–Crippen MR) is 127 cm³/mol. The van der Waals surface area contributed by atoms with Crippen molar-refractivity contribution in [2.45, 2.75) is 57.5 Å². The zero-order valence-electron chi connectivity index (χ0n) is 19.8. The lowest BCUT2D eigenvalue weighted by Gasteiger charge is -2.26. The van der Waals surface area contributed by atoms with Crippen molar-refractivity contribution in [2.75, 3.05) is 6.61 Å². The topological polar surface area (TPSA) is 207 Å². The van der Waals surface area contributed by atoms with E-state index >= 15 is 0 Å². The highest BCUT2D eigenvalue weighted by Gasteiger charge is 2.33. The van der Waals surface area contributed by atoms with Crippen molar-refractivity contribution in [3.8, 4) is 0 Å². The van der Waals surface area contributed by atoms with E-state index in [1.165, 1.54) is 6.92 Å². The largest absolute Gasteiger partial charge is 0.480 e. The number of amides is 3. The highest BCUT2D eigenvalue weighted by molar-refractivity contribution is 5.95. The Kier molecular flexibility index (Phi) is 9.75. The van der Waals surface area contributed by atoms with Gasteiger partial charge in [0.1, 0.15) is 18.1 Å². The summed E-state index contributed by atoms with van der Waals surface area (Å²) in [4.78, 5) is 52.7. The van der Waals surface area contributed by atoms with Crippen LogP contribution in [-0.2, 0) is 25.6 Å². The van der Waals surface area contributed by atoms with Gasteiger partial charge in [-0.05, 0) is 24.5 Å². The lowest BCUT2D eigenvalue weighted by molar-refractivity contribution is -0.143. The number of aromatic nitrogens is 1. The van der Waals surface area contributed by atoms with Crippen LogP contribution >= 0.6 is 0 Å². The third-order valence-corrected chi connectivity index (χ3v) is 5.61. The van der Waals surface area contributed by atoms with E-state index in [-0.39, 0.29) is 12.3 Å². The summed E-state index contributed by atoms with van der Waals surface area (Å²) in [5.74, 6) is -4.04. The maximum Gasteiger partial charge on any atom is 0.328 e. The molecule has 12 nitrogen and oxygen atoms in total. The molecule has 0 aliphatic rings. The minimum Gasteiger partial charge on any atom is -0.480 e. The van der Waals surface area contributed by atoms with Crippen LogP contribution < -0.4 is 21.7 Å². The molecule has 0 aliphatic heterocycles. The number of carbonyl (C=O) groups excluding carboxylic acids is 3. The maximum atomic E-state index is 13.0.